The lowest BCUT2D eigenvalue weighted by atomic mass is 10.4. The van der Waals surface area contributed by atoms with Crippen LogP contribution in [0.25, 0.3) is 0 Å². The number of rotatable bonds is 7. The maximum atomic E-state index is 3.93. The first-order chi connectivity index (χ1) is 6.33. The predicted octanol–water partition coefficient (Wildman–Crippen LogP) is 4.63. The minimum atomic E-state index is -1.03. The molecule has 0 aliphatic heterocycles. The van der Waals surface area contributed by atoms with E-state index >= 15 is 0 Å². The van der Waals surface area contributed by atoms with Crippen molar-refractivity contribution in [2.24, 2.45) is 0 Å². The van der Waals surface area contributed by atoms with E-state index in [0.29, 0.717) is 0 Å². The largest absolute Gasteiger partial charge is 0.107 e. The quantitative estimate of drug-likeness (QED) is 0.438. The van der Waals surface area contributed by atoms with Crippen LogP contribution in [0.5, 0.6) is 0 Å². The second kappa shape index (κ2) is 5.71. The van der Waals surface area contributed by atoms with E-state index < -0.39 is 16.1 Å². The molecule has 0 saturated heterocycles. The molecule has 0 fully saturated rings. The van der Waals surface area contributed by atoms with Gasteiger partial charge >= 0.3 is 0 Å². The van der Waals surface area contributed by atoms with Crippen LogP contribution < -0.4 is 0 Å². The molecule has 0 aromatic rings. The summed E-state index contributed by atoms with van der Waals surface area (Å²) in [5.74, 6) is 0. The molecular weight excluding hydrogens is 200 g/mol. The van der Waals surface area contributed by atoms with Gasteiger partial charge in [-0.2, -0.15) is 0 Å². The van der Waals surface area contributed by atoms with E-state index in [1.165, 1.54) is 24.9 Å². The molecular formula is C12H26Si2. The highest BCUT2D eigenvalue weighted by molar-refractivity contribution is 6.82. The average Bonchev–Trinajstić information content (AvgIpc) is 2.13. The molecule has 0 rings (SSSR count). The van der Waals surface area contributed by atoms with Gasteiger partial charge in [-0.05, 0) is 0 Å². The van der Waals surface area contributed by atoms with Crippen molar-refractivity contribution in [1.29, 1.82) is 0 Å². The van der Waals surface area contributed by atoms with Gasteiger partial charge in [0.25, 0.3) is 0 Å². The second-order valence-electron chi connectivity index (χ2n) is 5.59. The first-order valence-electron chi connectivity index (χ1n) is 5.60. The highest BCUT2D eigenvalue weighted by atomic mass is 28.3. The predicted molar refractivity (Wildman–Crippen MR) is 74.2 cm³/mol. The fourth-order valence-corrected chi connectivity index (χ4v) is 4.10. The summed E-state index contributed by atoms with van der Waals surface area (Å²) >= 11 is 0. The van der Waals surface area contributed by atoms with Crippen molar-refractivity contribution in [1.82, 2.24) is 0 Å². The summed E-state index contributed by atoms with van der Waals surface area (Å²) in [6.07, 6.45) is 2.77. The van der Waals surface area contributed by atoms with Crippen molar-refractivity contribution in [2.75, 3.05) is 0 Å². The van der Waals surface area contributed by atoms with E-state index in [0.717, 1.165) is 0 Å². The van der Waals surface area contributed by atoms with Crippen LogP contribution in [0.1, 0.15) is 12.8 Å². The van der Waals surface area contributed by atoms with Gasteiger partial charge in [-0.1, -0.05) is 51.1 Å². The fraction of sp³-hybridized carbons (Fsp3) is 0.667. The minimum absolute atomic E-state index is 1.03. The van der Waals surface area contributed by atoms with Gasteiger partial charge in [0, 0.05) is 0 Å². The lowest BCUT2D eigenvalue weighted by molar-refractivity contribution is 0.856. The third kappa shape index (κ3) is 6.38. The summed E-state index contributed by atoms with van der Waals surface area (Å²) in [5.41, 5.74) is 4.42. The first-order valence-corrected chi connectivity index (χ1v) is 12.2. The second-order valence-corrected chi connectivity index (χ2v) is 15.4. The molecule has 0 N–H and O–H groups in total. The Kier molecular flexibility index (Phi) is 5.68. The molecule has 0 aromatic carbocycles. The smallest absolute Gasteiger partial charge is 0.0709 e. The zero-order chi connectivity index (χ0) is 11.2. The van der Waals surface area contributed by atoms with Gasteiger partial charge in [-0.3, -0.25) is 0 Å². The standard InChI is InChI=1S/C12H26Si2/c1-7-13(3,4)11-9-10-12-14(5,6)8-2/h7-8H,1-2,9-12H2,3-6H3. The van der Waals surface area contributed by atoms with Crippen LogP contribution in [0.2, 0.25) is 38.3 Å². The summed E-state index contributed by atoms with van der Waals surface area (Å²) in [4.78, 5) is 0. The van der Waals surface area contributed by atoms with Gasteiger partial charge in [0.2, 0.25) is 0 Å². The third-order valence-corrected chi connectivity index (χ3v) is 8.49. The zero-order valence-electron chi connectivity index (χ0n) is 10.4. The number of unbranched alkanes of at least 4 members (excludes halogenated alkanes) is 1. The van der Waals surface area contributed by atoms with Crippen LogP contribution in [0.15, 0.2) is 24.6 Å². The third-order valence-electron chi connectivity index (χ3n) is 3.00. The molecule has 0 unspecified atom stereocenters. The van der Waals surface area contributed by atoms with Crippen LogP contribution >= 0.6 is 0 Å². The Labute approximate surface area is 92.1 Å². The summed E-state index contributed by atoms with van der Waals surface area (Å²) in [6.45, 7) is 17.5. The Balaban J connectivity index is 3.67. The summed E-state index contributed by atoms with van der Waals surface area (Å²) in [7, 11) is -2.06. The molecule has 0 spiro atoms. The van der Waals surface area contributed by atoms with Crippen LogP contribution in [-0.4, -0.2) is 16.1 Å². The molecule has 14 heavy (non-hydrogen) atoms. The lowest BCUT2D eigenvalue weighted by Crippen LogP contribution is -2.23. The molecule has 0 heterocycles. The van der Waals surface area contributed by atoms with Gasteiger partial charge < -0.3 is 0 Å². The molecule has 0 atom stereocenters. The molecule has 0 radical (unpaired) electrons. The molecule has 0 saturated carbocycles. The van der Waals surface area contributed by atoms with E-state index in [4.69, 9.17) is 0 Å². The number of hydrogen-bond acceptors (Lipinski definition) is 0. The zero-order valence-corrected chi connectivity index (χ0v) is 12.4. The summed E-state index contributed by atoms with van der Waals surface area (Å²) in [6, 6.07) is 2.80. The SMILES string of the molecule is C=C[Si](C)(C)CCCC[Si](C)(C)C=C. The Morgan fingerprint density at radius 3 is 1.29 bits per heavy atom. The van der Waals surface area contributed by atoms with E-state index in [9.17, 15) is 0 Å². The summed E-state index contributed by atoms with van der Waals surface area (Å²) < 4.78 is 0. The molecule has 0 aliphatic rings. The molecule has 0 aromatic heterocycles. The molecule has 0 nitrogen and oxygen atoms in total. The first kappa shape index (κ1) is 13.9. The monoisotopic (exact) mass is 226 g/mol. The van der Waals surface area contributed by atoms with Crippen molar-refractivity contribution in [3.63, 3.8) is 0 Å². The molecule has 2 heteroatoms. The topological polar surface area (TPSA) is 0 Å². The van der Waals surface area contributed by atoms with Gasteiger partial charge in [0.1, 0.15) is 0 Å². The van der Waals surface area contributed by atoms with Crippen LogP contribution in [0.4, 0.5) is 0 Å². The summed E-state index contributed by atoms with van der Waals surface area (Å²) in [5, 5.41) is 0. The van der Waals surface area contributed by atoms with Crippen molar-refractivity contribution in [3.8, 4) is 0 Å². The maximum Gasteiger partial charge on any atom is 0.0709 e. The molecule has 0 aliphatic carbocycles. The van der Waals surface area contributed by atoms with Crippen LogP contribution in [0.3, 0.4) is 0 Å². The van der Waals surface area contributed by atoms with Crippen molar-refractivity contribution >= 4 is 16.1 Å². The number of hydrogen-bond donors (Lipinski definition) is 0. The Hall–Kier alpha value is -0.0862. The Morgan fingerprint density at radius 1 is 0.786 bits per heavy atom. The average molecular weight is 227 g/mol. The fourth-order valence-electron chi connectivity index (χ4n) is 1.37. The lowest BCUT2D eigenvalue weighted by Gasteiger charge is -2.20. The van der Waals surface area contributed by atoms with E-state index in [2.05, 4.69) is 50.7 Å². The van der Waals surface area contributed by atoms with Crippen LogP contribution in [0, 0.1) is 0 Å². The molecule has 0 amide bonds. The molecule has 0 bridgehead atoms. The Morgan fingerprint density at radius 2 is 1.07 bits per heavy atom. The van der Waals surface area contributed by atoms with Crippen molar-refractivity contribution in [2.45, 2.75) is 51.1 Å². The highest BCUT2D eigenvalue weighted by Gasteiger charge is 2.18. The van der Waals surface area contributed by atoms with Crippen LogP contribution in [-0.2, 0) is 0 Å². The maximum absolute atomic E-state index is 3.93. The van der Waals surface area contributed by atoms with Gasteiger partial charge in [-0.25, -0.2) is 0 Å². The van der Waals surface area contributed by atoms with Gasteiger partial charge in [-0.15, -0.1) is 24.6 Å². The normalized spacial score (nSPS) is 12.6. The van der Waals surface area contributed by atoms with Crippen molar-refractivity contribution in [3.05, 3.63) is 24.6 Å². The van der Waals surface area contributed by atoms with E-state index in [1.807, 2.05) is 0 Å². The van der Waals surface area contributed by atoms with Crippen molar-refractivity contribution < 1.29 is 0 Å². The van der Waals surface area contributed by atoms with E-state index in [-0.39, 0.29) is 0 Å². The minimum Gasteiger partial charge on any atom is -0.107 e. The Bertz CT molecular complexity index is 170. The van der Waals surface area contributed by atoms with E-state index in [1.54, 1.807) is 0 Å². The van der Waals surface area contributed by atoms with Gasteiger partial charge in [0.15, 0.2) is 0 Å². The highest BCUT2D eigenvalue weighted by Crippen LogP contribution is 2.19. The van der Waals surface area contributed by atoms with Gasteiger partial charge in [0.05, 0.1) is 16.1 Å². The molecule has 82 valence electrons.